The number of fused-ring (bicyclic) bond motifs is 2. The lowest BCUT2D eigenvalue weighted by Crippen LogP contribution is -2.40. The fraction of sp³-hybridized carbons (Fsp3) is 0.429. The molecule has 0 saturated heterocycles. The number of carbonyl (C=O) groups is 1. The fourth-order valence-electron chi connectivity index (χ4n) is 4.26. The highest BCUT2D eigenvalue weighted by Gasteiger charge is 2.19. The van der Waals surface area contributed by atoms with Crippen molar-refractivity contribution in [3.05, 3.63) is 68.8 Å². The molecule has 4 rings (SSSR count). The van der Waals surface area contributed by atoms with Crippen LogP contribution in [0.3, 0.4) is 0 Å². The van der Waals surface area contributed by atoms with Gasteiger partial charge in [0.25, 0.3) is 5.56 Å². The molecule has 3 heterocycles. The first-order valence-corrected chi connectivity index (χ1v) is 12.8. The number of hydrogen-bond acceptors (Lipinski definition) is 8. The van der Waals surface area contributed by atoms with Crippen LogP contribution in [0.1, 0.15) is 51.4 Å². The van der Waals surface area contributed by atoms with Gasteiger partial charge >= 0.3 is 11.7 Å². The highest BCUT2D eigenvalue weighted by atomic mass is 16.5. The first-order chi connectivity index (χ1) is 18.2. The van der Waals surface area contributed by atoms with Gasteiger partial charge in [-0.05, 0) is 37.0 Å². The maximum Gasteiger partial charge on any atom is 0.332 e. The summed E-state index contributed by atoms with van der Waals surface area (Å²) in [5.41, 5.74) is 0.713. The molecule has 10 heteroatoms. The number of ether oxygens (including phenoxy) is 2. The Morgan fingerprint density at radius 2 is 1.79 bits per heavy atom. The Kier molecular flexibility index (Phi) is 8.50. The minimum absolute atomic E-state index is 0.0855. The van der Waals surface area contributed by atoms with E-state index in [1.54, 1.807) is 6.20 Å². The molecule has 38 heavy (non-hydrogen) atoms. The second kappa shape index (κ2) is 12.0. The normalized spacial score (nSPS) is 11.4. The molecule has 0 N–H and O–H groups in total. The van der Waals surface area contributed by atoms with E-state index in [4.69, 9.17) is 19.4 Å². The van der Waals surface area contributed by atoms with E-state index >= 15 is 0 Å². The molecule has 0 aliphatic carbocycles. The van der Waals surface area contributed by atoms with Gasteiger partial charge < -0.3 is 9.47 Å². The Hall–Kier alpha value is -4.08. The van der Waals surface area contributed by atoms with Gasteiger partial charge in [0.1, 0.15) is 12.3 Å². The third-order valence-corrected chi connectivity index (χ3v) is 6.19. The standard InChI is InChI=1S/C28H33N5O5/c1-18(2)16-33-26-25(27(35)32(4)28(33)36)30-22(12-6-5-9-13-37-19(3)34)23(31-26)17-38-24-14-20-10-7-8-11-21(20)15-29-24/h7-8,10-11,14-15,18H,5-6,9,12-13,16-17H2,1-4H3. The van der Waals surface area contributed by atoms with Crippen LogP contribution in [-0.2, 0) is 36.2 Å². The van der Waals surface area contributed by atoms with E-state index in [0.717, 1.165) is 34.6 Å². The molecular weight excluding hydrogens is 486 g/mol. The lowest BCUT2D eigenvalue weighted by molar-refractivity contribution is -0.141. The summed E-state index contributed by atoms with van der Waals surface area (Å²) >= 11 is 0. The summed E-state index contributed by atoms with van der Waals surface area (Å²) < 4.78 is 13.6. The number of esters is 1. The van der Waals surface area contributed by atoms with E-state index in [9.17, 15) is 14.4 Å². The summed E-state index contributed by atoms with van der Waals surface area (Å²) in [4.78, 5) is 50.8. The maximum atomic E-state index is 13.0. The molecule has 0 amide bonds. The van der Waals surface area contributed by atoms with Crippen molar-refractivity contribution in [2.45, 2.75) is 59.6 Å². The van der Waals surface area contributed by atoms with Crippen LogP contribution in [0.15, 0.2) is 46.1 Å². The van der Waals surface area contributed by atoms with Gasteiger partial charge in [0.15, 0.2) is 11.2 Å². The van der Waals surface area contributed by atoms with Crippen molar-refractivity contribution in [2.24, 2.45) is 13.0 Å². The number of aryl methyl sites for hydroxylation is 1. The minimum Gasteiger partial charge on any atom is -0.471 e. The number of hydrogen-bond donors (Lipinski definition) is 0. The van der Waals surface area contributed by atoms with Crippen molar-refractivity contribution in [3.63, 3.8) is 0 Å². The van der Waals surface area contributed by atoms with Crippen LogP contribution in [0.25, 0.3) is 21.9 Å². The van der Waals surface area contributed by atoms with Crippen molar-refractivity contribution in [2.75, 3.05) is 6.61 Å². The highest BCUT2D eigenvalue weighted by molar-refractivity contribution is 5.82. The van der Waals surface area contributed by atoms with Crippen molar-refractivity contribution in [1.29, 1.82) is 0 Å². The van der Waals surface area contributed by atoms with E-state index in [1.165, 1.54) is 18.5 Å². The van der Waals surface area contributed by atoms with E-state index in [0.29, 0.717) is 36.8 Å². The Morgan fingerprint density at radius 3 is 2.53 bits per heavy atom. The predicted molar refractivity (Wildman–Crippen MR) is 144 cm³/mol. The second-order valence-corrected chi connectivity index (χ2v) is 9.75. The van der Waals surface area contributed by atoms with Gasteiger partial charge in [-0.15, -0.1) is 0 Å². The Labute approximate surface area is 220 Å². The predicted octanol–water partition coefficient (Wildman–Crippen LogP) is 3.55. The zero-order chi connectivity index (χ0) is 27.2. The molecule has 0 radical (unpaired) electrons. The third kappa shape index (κ3) is 6.24. The van der Waals surface area contributed by atoms with Crippen LogP contribution >= 0.6 is 0 Å². The molecule has 10 nitrogen and oxygen atoms in total. The molecule has 0 spiro atoms. The highest BCUT2D eigenvalue weighted by Crippen LogP contribution is 2.20. The van der Waals surface area contributed by atoms with Gasteiger partial charge in [-0.3, -0.25) is 18.7 Å². The maximum absolute atomic E-state index is 13.0. The molecule has 0 saturated carbocycles. The molecule has 200 valence electrons. The van der Waals surface area contributed by atoms with Crippen LogP contribution in [0, 0.1) is 5.92 Å². The molecule has 1 aromatic carbocycles. The molecule has 3 aromatic heterocycles. The van der Waals surface area contributed by atoms with E-state index in [2.05, 4.69) is 4.98 Å². The average Bonchev–Trinajstić information content (AvgIpc) is 2.90. The summed E-state index contributed by atoms with van der Waals surface area (Å²) in [7, 11) is 1.46. The van der Waals surface area contributed by atoms with Crippen LogP contribution < -0.4 is 16.0 Å². The Balaban J connectivity index is 1.68. The molecule has 0 aliphatic heterocycles. The number of rotatable bonds is 11. The summed E-state index contributed by atoms with van der Waals surface area (Å²) in [6.45, 7) is 6.24. The molecule has 0 atom stereocenters. The van der Waals surface area contributed by atoms with E-state index in [-0.39, 0.29) is 29.7 Å². The number of pyridine rings is 1. The molecule has 0 unspecified atom stereocenters. The molecular formula is C28H33N5O5. The first-order valence-electron chi connectivity index (χ1n) is 12.8. The van der Waals surface area contributed by atoms with Gasteiger partial charge in [-0.2, -0.15) is 0 Å². The van der Waals surface area contributed by atoms with Crippen molar-refractivity contribution < 1.29 is 14.3 Å². The Morgan fingerprint density at radius 1 is 1.03 bits per heavy atom. The third-order valence-electron chi connectivity index (χ3n) is 6.19. The zero-order valence-electron chi connectivity index (χ0n) is 22.3. The quantitative estimate of drug-likeness (QED) is 0.218. The lowest BCUT2D eigenvalue weighted by Gasteiger charge is -2.16. The summed E-state index contributed by atoms with van der Waals surface area (Å²) in [5.74, 6) is 0.311. The molecule has 4 aromatic rings. The topological polar surface area (TPSA) is 118 Å². The van der Waals surface area contributed by atoms with Crippen LogP contribution in [-0.4, -0.2) is 36.7 Å². The number of unbranched alkanes of at least 4 members (excludes halogenated alkanes) is 2. The second-order valence-electron chi connectivity index (χ2n) is 9.75. The van der Waals surface area contributed by atoms with Crippen LogP contribution in [0.2, 0.25) is 0 Å². The summed E-state index contributed by atoms with van der Waals surface area (Å²) in [6, 6.07) is 9.74. The van der Waals surface area contributed by atoms with Crippen molar-refractivity contribution >= 4 is 27.9 Å². The number of aromatic nitrogens is 5. The monoisotopic (exact) mass is 519 g/mol. The number of nitrogens with zero attached hydrogens (tertiary/aromatic N) is 5. The number of carbonyl (C=O) groups excluding carboxylic acids is 1. The first kappa shape index (κ1) is 27.0. The smallest absolute Gasteiger partial charge is 0.332 e. The minimum atomic E-state index is -0.475. The molecule has 0 bridgehead atoms. The largest absolute Gasteiger partial charge is 0.471 e. The Bertz CT molecular complexity index is 1570. The molecule has 0 fully saturated rings. The SMILES string of the molecule is CC(=O)OCCCCCc1nc2c(=O)n(C)c(=O)n(CC(C)C)c2nc1COc1cc2ccccc2cn1. The zero-order valence-corrected chi connectivity index (χ0v) is 22.3. The summed E-state index contributed by atoms with van der Waals surface area (Å²) in [5, 5.41) is 2.01. The van der Waals surface area contributed by atoms with Crippen molar-refractivity contribution in [3.8, 4) is 5.88 Å². The van der Waals surface area contributed by atoms with Gasteiger partial charge in [-0.1, -0.05) is 38.1 Å². The van der Waals surface area contributed by atoms with Crippen LogP contribution in [0.4, 0.5) is 0 Å². The van der Waals surface area contributed by atoms with Gasteiger partial charge in [0.05, 0.1) is 12.3 Å². The summed E-state index contributed by atoms with van der Waals surface area (Å²) in [6.07, 6.45) is 4.60. The fourth-order valence-corrected chi connectivity index (χ4v) is 4.26. The van der Waals surface area contributed by atoms with Gasteiger partial charge in [0, 0.05) is 38.2 Å². The van der Waals surface area contributed by atoms with Crippen molar-refractivity contribution in [1.82, 2.24) is 24.1 Å². The average molecular weight is 520 g/mol. The van der Waals surface area contributed by atoms with E-state index < -0.39 is 11.2 Å². The lowest BCUT2D eigenvalue weighted by atomic mass is 10.1. The molecule has 0 aliphatic rings. The van der Waals surface area contributed by atoms with Gasteiger partial charge in [-0.25, -0.2) is 19.7 Å². The van der Waals surface area contributed by atoms with Crippen LogP contribution in [0.5, 0.6) is 5.88 Å². The van der Waals surface area contributed by atoms with E-state index in [1.807, 2.05) is 44.2 Å². The van der Waals surface area contributed by atoms with Gasteiger partial charge in [0.2, 0.25) is 5.88 Å². The number of benzene rings is 1.